The van der Waals surface area contributed by atoms with Crippen LogP contribution in [0, 0.1) is 6.92 Å². The Morgan fingerprint density at radius 3 is 2.67 bits per heavy atom. The van der Waals surface area contributed by atoms with E-state index in [2.05, 4.69) is 27.9 Å². The van der Waals surface area contributed by atoms with Crippen LogP contribution >= 0.6 is 11.6 Å². The van der Waals surface area contributed by atoms with Crippen LogP contribution in [-0.4, -0.2) is 15.0 Å². The third kappa shape index (κ3) is 2.38. The van der Waals surface area contributed by atoms with Crippen LogP contribution in [0.3, 0.4) is 0 Å². The van der Waals surface area contributed by atoms with Gasteiger partial charge in [-0.1, -0.05) is 29.8 Å². The molecule has 3 nitrogen and oxygen atoms in total. The zero-order valence-electron chi connectivity index (χ0n) is 11.7. The number of hydrogen-bond acceptors (Lipinski definition) is 3. The second kappa shape index (κ2) is 4.78. The molecule has 1 fully saturated rings. The van der Waals surface area contributed by atoms with Gasteiger partial charge in [-0.3, -0.25) is 0 Å². The third-order valence-corrected chi connectivity index (χ3v) is 4.06. The van der Waals surface area contributed by atoms with Gasteiger partial charge in [0.1, 0.15) is 10.8 Å². The number of halogens is 1. The molecule has 0 amide bonds. The first kappa shape index (κ1) is 12.7. The second-order valence-corrected chi connectivity index (χ2v) is 5.94. The number of rotatable bonds is 2. The lowest BCUT2D eigenvalue weighted by Gasteiger charge is -2.07. The Kier molecular flexibility index (Phi) is 2.89. The maximum Gasteiger partial charge on any atom is 0.179 e. The molecule has 4 heteroatoms. The van der Waals surface area contributed by atoms with Crippen molar-refractivity contribution in [3.8, 4) is 11.5 Å². The summed E-state index contributed by atoms with van der Waals surface area (Å²) in [5, 5.41) is 1.65. The largest absolute Gasteiger partial charge is 0.244 e. The van der Waals surface area contributed by atoms with Gasteiger partial charge in [-0.05, 0) is 43.5 Å². The number of fused-ring (bicyclic) bond motifs is 1. The van der Waals surface area contributed by atoms with Crippen LogP contribution in [0.4, 0.5) is 0 Å². The van der Waals surface area contributed by atoms with Gasteiger partial charge in [-0.25, -0.2) is 15.0 Å². The predicted molar refractivity (Wildman–Crippen MR) is 84.5 cm³/mol. The van der Waals surface area contributed by atoms with Gasteiger partial charge in [0.15, 0.2) is 5.82 Å². The maximum absolute atomic E-state index is 6.15. The zero-order valence-corrected chi connectivity index (χ0v) is 12.4. The fourth-order valence-electron chi connectivity index (χ4n) is 2.60. The highest BCUT2D eigenvalue weighted by atomic mass is 35.5. The Bertz CT molecular complexity index is 841. The van der Waals surface area contributed by atoms with E-state index in [0.29, 0.717) is 16.9 Å². The van der Waals surface area contributed by atoms with Crippen molar-refractivity contribution in [2.45, 2.75) is 25.7 Å². The minimum absolute atomic E-state index is 0.495. The van der Waals surface area contributed by atoms with Crippen molar-refractivity contribution < 1.29 is 0 Å². The molecule has 4 rings (SSSR count). The number of benzene rings is 1. The smallest absolute Gasteiger partial charge is 0.179 e. The summed E-state index contributed by atoms with van der Waals surface area (Å²) in [6.45, 7) is 2.08. The van der Waals surface area contributed by atoms with E-state index in [9.17, 15) is 0 Å². The van der Waals surface area contributed by atoms with E-state index in [0.717, 1.165) is 22.3 Å². The van der Waals surface area contributed by atoms with Gasteiger partial charge in [-0.2, -0.15) is 0 Å². The quantitative estimate of drug-likeness (QED) is 0.652. The first-order valence-electron chi connectivity index (χ1n) is 7.12. The number of aromatic nitrogens is 3. The average molecular weight is 296 g/mol. The van der Waals surface area contributed by atoms with Gasteiger partial charge in [0.2, 0.25) is 0 Å². The molecule has 0 aliphatic heterocycles. The van der Waals surface area contributed by atoms with Crippen LogP contribution in [0.2, 0.25) is 5.15 Å². The Hall–Kier alpha value is -2.00. The fraction of sp³-hybridized carbons (Fsp3) is 0.235. The van der Waals surface area contributed by atoms with E-state index in [1.54, 1.807) is 0 Å². The van der Waals surface area contributed by atoms with E-state index in [1.807, 2.05) is 30.3 Å². The summed E-state index contributed by atoms with van der Waals surface area (Å²) in [5.74, 6) is 1.17. The molecule has 2 heterocycles. The summed E-state index contributed by atoms with van der Waals surface area (Å²) in [6, 6.07) is 12.0. The van der Waals surface area contributed by atoms with Crippen molar-refractivity contribution in [2.75, 3.05) is 0 Å². The molecule has 1 saturated carbocycles. The first-order chi connectivity index (χ1) is 10.2. The van der Waals surface area contributed by atoms with Gasteiger partial charge >= 0.3 is 0 Å². The second-order valence-electron chi connectivity index (χ2n) is 5.55. The lowest BCUT2D eigenvalue weighted by molar-refractivity contribution is 0.989. The number of nitrogens with zero attached hydrogens (tertiary/aromatic N) is 3. The summed E-state index contributed by atoms with van der Waals surface area (Å²) in [4.78, 5) is 13.7. The highest BCUT2D eigenvalue weighted by molar-refractivity contribution is 6.29. The lowest BCUT2D eigenvalue weighted by Crippen LogP contribution is -1.97. The molecule has 0 unspecified atom stereocenters. The number of aryl methyl sites for hydroxylation is 1. The van der Waals surface area contributed by atoms with Gasteiger partial charge < -0.3 is 0 Å². The van der Waals surface area contributed by atoms with E-state index in [1.165, 1.54) is 18.4 Å². The summed E-state index contributed by atoms with van der Waals surface area (Å²) in [7, 11) is 0. The Labute approximate surface area is 128 Å². The molecular weight excluding hydrogens is 282 g/mol. The van der Waals surface area contributed by atoms with Gasteiger partial charge in [0.25, 0.3) is 0 Å². The molecule has 1 aliphatic carbocycles. The van der Waals surface area contributed by atoms with Crippen LogP contribution in [0.5, 0.6) is 0 Å². The van der Waals surface area contributed by atoms with E-state index in [-0.39, 0.29) is 0 Å². The van der Waals surface area contributed by atoms with Crippen LogP contribution in [0.25, 0.3) is 22.4 Å². The molecule has 3 aromatic rings. The van der Waals surface area contributed by atoms with Gasteiger partial charge in [0.05, 0.1) is 5.52 Å². The Balaban J connectivity index is 1.89. The summed E-state index contributed by atoms with van der Waals surface area (Å²) in [6.07, 6.45) is 2.38. The van der Waals surface area contributed by atoms with Crippen molar-refractivity contribution >= 4 is 22.5 Å². The van der Waals surface area contributed by atoms with Gasteiger partial charge in [0, 0.05) is 17.0 Å². The standard InChI is InChI=1S/C17H14ClN3/c1-10-8-15(19-13-5-3-2-4-12(10)13)17-20-14(11-6-7-11)9-16(18)21-17/h2-5,8-9,11H,6-7H2,1H3. The topological polar surface area (TPSA) is 38.7 Å². The van der Waals surface area contributed by atoms with Crippen molar-refractivity contribution in [1.29, 1.82) is 0 Å². The minimum Gasteiger partial charge on any atom is -0.244 e. The normalized spacial score (nSPS) is 14.6. The first-order valence-corrected chi connectivity index (χ1v) is 7.50. The number of hydrogen-bond donors (Lipinski definition) is 0. The summed E-state index contributed by atoms with van der Waals surface area (Å²) in [5.41, 5.74) is 3.96. The molecule has 0 saturated heterocycles. The fourth-order valence-corrected chi connectivity index (χ4v) is 2.79. The molecule has 0 spiro atoms. The van der Waals surface area contributed by atoms with Crippen LogP contribution in [0.15, 0.2) is 36.4 Å². The molecule has 104 valence electrons. The van der Waals surface area contributed by atoms with Crippen molar-refractivity contribution in [3.05, 3.63) is 52.8 Å². The minimum atomic E-state index is 0.495. The van der Waals surface area contributed by atoms with E-state index < -0.39 is 0 Å². The molecule has 2 aromatic heterocycles. The lowest BCUT2D eigenvalue weighted by atomic mass is 10.1. The predicted octanol–water partition coefficient (Wildman–Crippen LogP) is 4.53. The summed E-state index contributed by atoms with van der Waals surface area (Å²) < 4.78 is 0. The molecule has 0 N–H and O–H groups in total. The SMILES string of the molecule is Cc1cc(-c2nc(Cl)cc(C3CC3)n2)nc2ccccc12. The number of pyridine rings is 1. The van der Waals surface area contributed by atoms with Crippen LogP contribution in [-0.2, 0) is 0 Å². The zero-order chi connectivity index (χ0) is 14.4. The molecule has 21 heavy (non-hydrogen) atoms. The molecule has 0 bridgehead atoms. The van der Waals surface area contributed by atoms with E-state index in [4.69, 9.17) is 11.6 Å². The van der Waals surface area contributed by atoms with Gasteiger partial charge in [-0.15, -0.1) is 0 Å². The van der Waals surface area contributed by atoms with E-state index >= 15 is 0 Å². The Morgan fingerprint density at radius 2 is 1.86 bits per heavy atom. The van der Waals surface area contributed by atoms with Crippen molar-refractivity contribution in [1.82, 2.24) is 15.0 Å². The van der Waals surface area contributed by atoms with Crippen LogP contribution in [0.1, 0.15) is 30.0 Å². The highest BCUT2D eigenvalue weighted by Gasteiger charge is 2.26. The Morgan fingerprint density at radius 1 is 1.05 bits per heavy atom. The molecule has 0 radical (unpaired) electrons. The average Bonchev–Trinajstić information content (AvgIpc) is 3.31. The van der Waals surface area contributed by atoms with Crippen molar-refractivity contribution in [3.63, 3.8) is 0 Å². The highest BCUT2D eigenvalue weighted by Crippen LogP contribution is 2.40. The molecule has 0 atom stereocenters. The monoisotopic (exact) mass is 295 g/mol. The number of para-hydroxylation sites is 1. The molecular formula is C17H14ClN3. The summed E-state index contributed by atoms with van der Waals surface area (Å²) >= 11 is 6.15. The van der Waals surface area contributed by atoms with Crippen molar-refractivity contribution in [2.24, 2.45) is 0 Å². The molecule has 1 aliphatic rings. The molecule has 1 aromatic carbocycles. The van der Waals surface area contributed by atoms with Crippen LogP contribution < -0.4 is 0 Å². The third-order valence-electron chi connectivity index (χ3n) is 3.86. The maximum atomic E-state index is 6.15.